The van der Waals surface area contributed by atoms with Crippen LogP contribution in [0.15, 0.2) is 41.1 Å². The van der Waals surface area contributed by atoms with E-state index in [9.17, 15) is 9.59 Å². The van der Waals surface area contributed by atoms with Crippen LogP contribution in [0.3, 0.4) is 0 Å². The second-order valence-corrected chi connectivity index (χ2v) is 9.25. The fourth-order valence-corrected chi connectivity index (χ4v) is 5.14. The van der Waals surface area contributed by atoms with Crippen LogP contribution in [0.5, 0.6) is 0 Å². The number of thiophene rings is 1. The number of benzene rings is 1. The van der Waals surface area contributed by atoms with E-state index in [0.29, 0.717) is 5.69 Å². The summed E-state index contributed by atoms with van der Waals surface area (Å²) >= 11 is 2.60. The summed E-state index contributed by atoms with van der Waals surface area (Å²) in [5.41, 5.74) is 2.90. The Morgan fingerprint density at radius 1 is 1.20 bits per heavy atom. The summed E-state index contributed by atoms with van der Waals surface area (Å²) in [6.07, 6.45) is 4.21. The van der Waals surface area contributed by atoms with Gasteiger partial charge in [-0.25, -0.2) is 0 Å². The van der Waals surface area contributed by atoms with Crippen LogP contribution in [-0.2, 0) is 4.79 Å². The summed E-state index contributed by atoms with van der Waals surface area (Å²) in [6, 6.07) is 9.16. The minimum Gasteiger partial charge on any atom is -0.351 e. The Morgan fingerprint density at radius 3 is 2.67 bits per heavy atom. The predicted molar refractivity (Wildman–Crippen MR) is 120 cm³/mol. The number of amides is 2. The molecule has 0 saturated heterocycles. The molecule has 3 aromatic rings. The maximum Gasteiger partial charge on any atom is 0.280 e. The van der Waals surface area contributed by atoms with Crippen LogP contribution < -0.4 is 10.2 Å². The lowest BCUT2D eigenvalue weighted by atomic mass is 10.0. The first kappa shape index (κ1) is 20.7. The molecule has 4 rings (SSSR count). The highest BCUT2D eigenvalue weighted by molar-refractivity contribution is 7.10. The second-order valence-electron chi connectivity index (χ2n) is 7.66. The maximum absolute atomic E-state index is 13.6. The van der Waals surface area contributed by atoms with E-state index >= 15 is 0 Å². The monoisotopic (exact) mass is 440 g/mol. The Kier molecular flexibility index (Phi) is 6.24. The smallest absolute Gasteiger partial charge is 0.280 e. The van der Waals surface area contributed by atoms with Crippen molar-refractivity contribution < 1.29 is 9.59 Å². The Bertz CT molecular complexity index is 1010. The first-order chi connectivity index (χ1) is 14.5. The molecular formula is C22H24N4O2S2. The van der Waals surface area contributed by atoms with E-state index < -0.39 is 6.04 Å². The van der Waals surface area contributed by atoms with Gasteiger partial charge in [-0.1, -0.05) is 35.5 Å². The third-order valence-electron chi connectivity index (χ3n) is 5.44. The first-order valence-electron chi connectivity index (χ1n) is 10.1. The summed E-state index contributed by atoms with van der Waals surface area (Å²) < 4.78 is 3.86. The van der Waals surface area contributed by atoms with Crippen molar-refractivity contribution in [1.29, 1.82) is 0 Å². The Morgan fingerprint density at radius 2 is 2.00 bits per heavy atom. The number of nitrogens with zero attached hydrogens (tertiary/aromatic N) is 3. The predicted octanol–water partition coefficient (Wildman–Crippen LogP) is 4.66. The van der Waals surface area contributed by atoms with Gasteiger partial charge in [0.05, 0.1) is 0 Å². The molecule has 8 heteroatoms. The molecule has 1 atom stereocenters. The summed E-state index contributed by atoms with van der Waals surface area (Å²) in [4.78, 5) is 29.6. The van der Waals surface area contributed by atoms with Gasteiger partial charge in [-0.05, 0) is 66.9 Å². The van der Waals surface area contributed by atoms with Gasteiger partial charge in [-0.2, -0.15) is 0 Å². The van der Waals surface area contributed by atoms with E-state index in [1.807, 2.05) is 49.6 Å². The number of aromatic nitrogens is 2. The van der Waals surface area contributed by atoms with Gasteiger partial charge >= 0.3 is 0 Å². The molecule has 1 N–H and O–H groups in total. The minimum absolute atomic E-state index is 0.151. The molecule has 0 aliphatic heterocycles. The average molecular weight is 441 g/mol. The van der Waals surface area contributed by atoms with Crippen LogP contribution in [-0.4, -0.2) is 27.4 Å². The first-order valence-corrected chi connectivity index (χ1v) is 11.8. The zero-order valence-corrected chi connectivity index (χ0v) is 18.6. The van der Waals surface area contributed by atoms with Gasteiger partial charge in [0.25, 0.3) is 5.91 Å². The van der Waals surface area contributed by atoms with Crippen LogP contribution in [0.2, 0.25) is 0 Å². The third kappa shape index (κ3) is 4.29. The molecule has 1 aromatic carbocycles. The lowest BCUT2D eigenvalue weighted by Gasteiger charge is -2.32. The van der Waals surface area contributed by atoms with Gasteiger partial charge in [0.1, 0.15) is 0 Å². The van der Waals surface area contributed by atoms with E-state index in [2.05, 4.69) is 14.9 Å². The SMILES string of the molecule is Cc1ccc(C)c(N(C(=O)c2csnn2)C(C(=O)NC2CCCC2)c2cccs2)c1. The Labute approximate surface area is 184 Å². The molecule has 2 heterocycles. The number of nitrogens with one attached hydrogen (secondary N) is 1. The van der Waals surface area contributed by atoms with Gasteiger partial charge in [0.2, 0.25) is 5.91 Å². The number of anilines is 1. The summed E-state index contributed by atoms with van der Waals surface area (Å²) in [5, 5.41) is 10.7. The van der Waals surface area contributed by atoms with Gasteiger partial charge in [0.15, 0.2) is 11.7 Å². The van der Waals surface area contributed by atoms with Crippen LogP contribution in [0.1, 0.15) is 58.2 Å². The lowest BCUT2D eigenvalue weighted by molar-refractivity contribution is -0.123. The summed E-state index contributed by atoms with van der Waals surface area (Å²) in [7, 11) is 0. The van der Waals surface area contributed by atoms with Crippen LogP contribution >= 0.6 is 22.9 Å². The molecule has 1 fully saturated rings. The highest BCUT2D eigenvalue weighted by Gasteiger charge is 2.36. The molecule has 6 nitrogen and oxygen atoms in total. The van der Waals surface area contributed by atoms with Gasteiger partial charge in [-0.3, -0.25) is 14.5 Å². The highest BCUT2D eigenvalue weighted by atomic mass is 32.1. The number of carbonyl (C=O) groups is 2. The molecule has 0 bridgehead atoms. The summed E-state index contributed by atoms with van der Waals surface area (Å²) in [5.74, 6) is -0.473. The molecule has 1 unspecified atom stereocenters. The van der Waals surface area contributed by atoms with Crippen LogP contribution in [0.25, 0.3) is 0 Å². The quantitative estimate of drug-likeness (QED) is 0.605. The molecule has 2 amide bonds. The standard InChI is InChI=1S/C22H24N4O2S2/c1-14-9-10-15(2)18(12-14)26(22(28)17-13-30-25-24-17)20(19-8-5-11-29-19)21(27)23-16-6-3-4-7-16/h5,8-13,16,20H,3-4,6-7H2,1-2H3,(H,23,27). The molecule has 1 aliphatic carbocycles. The zero-order chi connectivity index (χ0) is 21.1. The van der Waals surface area contributed by atoms with Crippen molar-refractivity contribution in [3.8, 4) is 0 Å². The molecule has 30 heavy (non-hydrogen) atoms. The third-order valence-corrected chi connectivity index (χ3v) is 6.87. The molecule has 0 radical (unpaired) electrons. The fourth-order valence-electron chi connectivity index (χ4n) is 3.90. The normalized spacial score (nSPS) is 15.1. The number of carbonyl (C=O) groups excluding carboxylic acids is 2. The van der Waals surface area contributed by atoms with Gasteiger partial charge in [0, 0.05) is 22.0 Å². The van der Waals surface area contributed by atoms with Gasteiger partial charge < -0.3 is 5.32 Å². The number of rotatable bonds is 6. The fraction of sp³-hybridized carbons (Fsp3) is 0.364. The Balaban J connectivity index is 1.81. The van der Waals surface area contributed by atoms with Crippen molar-refractivity contribution in [2.75, 3.05) is 4.90 Å². The van der Waals surface area contributed by atoms with Gasteiger partial charge in [-0.15, -0.1) is 16.4 Å². The summed E-state index contributed by atoms with van der Waals surface area (Å²) in [6.45, 7) is 3.93. The second kappa shape index (κ2) is 9.06. The maximum atomic E-state index is 13.6. The van der Waals surface area contributed by atoms with E-state index in [4.69, 9.17) is 0 Å². The van der Waals surface area contributed by atoms with Crippen LogP contribution in [0, 0.1) is 13.8 Å². The number of aryl methyl sites for hydroxylation is 2. The van der Waals surface area contributed by atoms with Crippen molar-refractivity contribution in [3.05, 3.63) is 62.8 Å². The minimum atomic E-state index is -0.764. The molecule has 0 spiro atoms. The van der Waals surface area contributed by atoms with Crippen molar-refractivity contribution >= 4 is 40.4 Å². The van der Waals surface area contributed by atoms with Crippen molar-refractivity contribution in [1.82, 2.24) is 14.9 Å². The average Bonchev–Trinajstić information content (AvgIpc) is 3.50. The van der Waals surface area contributed by atoms with E-state index in [1.165, 1.54) is 11.3 Å². The lowest BCUT2D eigenvalue weighted by Crippen LogP contribution is -2.46. The van der Waals surface area contributed by atoms with Crippen molar-refractivity contribution in [2.24, 2.45) is 0 Å². The number of hydrogen-bond acceptors (Lipinski definition) is 6. The van der Waals surface area contributed by atoms with E-state index in [-0.39, 0.29) is 23.6 Å². The largest absolute Gasteiger partial charge is 0.351 e. The highest BCUT2D eigenvalue weighted by Crippen LogP contribution is 2.35. The number of hydrogen-bond donors (Lipinski definition) is 1. The molecule has 156 valence electrons. The van der Waals surface area contributed by atoms with Crippen molar-refractivity contribution in [3.63, 3.8) is 0 Å². The zero-order valence-electron chi connectivity index (χ0n) is 17.0. The molecule has 2 aromatic heterocycles. The molecule has 1 aliphatic rings. The van der Waals surface area contributed by atoms with Crippen LogP contribution in [0.4, 0.5) is 5.69 Å². The topological polar surface area (TPSA) is 75.2 Å². The molecule has 1 saturated carbocycles. The van der Waals surface area contributed by atoms with E-state index in [1.54, 1.807) is 10.3 Å². The van der Waals surface area contributed by atoms with Crippen molar-refractivity contribution in [2.45, 2.75) is 51.6 Å². The van der Waals surface area contributed by atoms with E-state index in [0.717, 1.165) is 53.2 Å². The Hall–Kier alpha value is -2.58. The molecular weight excluding hydrogens is 416 g/mol.